The van der Waals surface area contributed by atoms with Gasteiger partial charge in [0.2, 0.25) is 5.91 Å². The van der Waals surface area contributed by atoms with Crippen LogP contribution < -0.4 is 4.90 Å². The topological polar surface area (TPSA) is 37.4 Å². The van der Waals surface area contributed by atoms with Crippen molar-refractivity contribution in [1.29, 1.82) is 0 Å². The van der Waals surface area contributed by atoms with E-state index in [1.165, 1.54) is 11.8 Å². The first-order valence-electron chi connectivity index (χ1n) is 5.17. The van der Waals surface area contributed by atoms with Crippen molar-refractivity contribution >= 4 is 29.6 Å². The fourth-order valence-corrected chi connectivity index (χ4v) is 2.78. The van der Waals surface area contributed by atoms with Crippen LogP contribution in [0.4, 0.5) is 5.69 Å². The van der Waals surface area contributed by atoms with Gasteiger partial charge in [-0.05, 0) is 32.0 Å². The van der Waals surface area contributed by atoms with Crippen LogP contribution in [0.1, 0.15) is 24.2 Å². The number of nitrogens with zero attached hydrogens (tertiary/aromatic N) is 1. The van der Waals surface area contributed by atoms with E-state index >= 15 is 0 Å². The highest BCUT2D eigenvalue weighted by Crippen LogP contribution is 2.36. The van der Waals surface area contributed by atoms with Crippen LogP contribution in [-0.4, -0.2) is 24.0 Å². The number of fused-ring (bicyclic) bond motifs is 1. The van der Waals surface area contributed by atoms with Crippen molar-refractivity contribution in [2.45, 2.75) is 24.8 Å². The maximum atomic E-state index is 11.8. The van der Waals surface area contributed by atoms with E-state index in [9.17, 15) is 9.59 Å². The first-order valence-corrected chi connectivity index (χ1v) is 6.16. The molecule has 1 aromatic rings. The second-order valence-electron chi connectivity index (χ2n) is 3.99. The number of benzene rings is 1. The summed E-state index contributed by atoms with van der Waals surface area (Å²) in [5.41, 5.74) is 1.58. The summed E-state index contributed by atoms with van der Waals surface area (Å²) in [5, 5.41) is 0. The fraction of sp³-hybridized carbons (Fsp3) is 0.333. The molecule has 0 unspecified atom stereocenters. The molecule has 0 N–H and O–H groups in total. The zero-order valence-electron chi connectivity index (χ0n) is 9.27. The van der Waals surface area contributed by atoms with E-state index in [1.807, 2.05) is 26.0 Å². The number of anilines is 1. The van der Waals surface area contributed by atoms with Gasteiger partial charge in [-0.3, -0.25) is 9.59 Å². The summed E-state index contributed by atoms with van der Waals surface area (Å²) in [6.45, 7) is 3.98. The van der Waals surface area contributed by atoms with Crippen molar-refractivity contribution < 1.29 is 9.59 Å². The molecule has 0 radical (unpaired) electrons. The Labute approximate surface area is 98.8 Å². The largest absolute Gasteiger partial charge is 0.308 e. The number of carbonyl (C=O) groups is 2. The Bertz CT molecular complexity index is 443. The minimum atomic E-state index is 0.131. The maximum absolute atomic E-state index is 11.8. The Morgan fingerprint density at radius 3 is 2.81 bits per heavy atom. The molecule has 2 rings (SSSR count). The molecular formula is C12H13NO2S. The molecule has 16 heavy (non-hydrogen) atoms. The number of carbonyl (C=O) groups excluding carboxylic acids is 2. The van der Waals surface area contributed by atoms with E-state index in [0.29, 0.717) is 11.3 Å². The van der Waals surface area contributed by atoms with Gasteiger partial charge >= 0.3 is 0 Å². The van der Waals surface area contributed by atoms with Crippen molar-refractivity contribution in [2.75, 3.05) is 10.7 Å². The van der Waals surface area contributed by atoms with Gasteiger partial charge in [0.15, 0.2) is 0 Å². The van der Waals surface area contributed by atoms with Crippen molar-refractivity contribution in [2.24, 2.45) is 0 Å². The Kier molecular flexibility index (Phi) is 3.01. The lowest BCUT2D eigenvalue weighted by atomic mass is 10.1. The summed E-state index contributed by atoms with van der Waals surface area (Å²) in [5.74, 6) is 0.583. The first kappa shape index (κ1) is 11.2. The molecule has 84 valence electrons. The zero-order chi connectivity index (χ0) is 11.7. The van der Waals surface area contributed by atoms with Gasteiger partial charge in [-0.1, -0.05) is 0 Å². The summed E-state index contributed by atoms with van der Waals surface area (Å²) in [7, 11) is 0. The highest BCUT2D eigenvalue weighted by molar-refractivity contribution is 8.00. The van der Waals surface area contributed by atoms with Gasteiger partial charge in [0.1, 0.15) is 6.29 Å². The van der Waals surface area contributed by atoms with E-state index in [1.54, 1.807) is 11.0 Å². The number of amides is 1. The molecule has 0 fully saturated rings. The SMILES string of the molecule is CC(C)N1C(=O)CSc2cc(C=O)ccc21. The van der Waals surface area contributed by atoms with Crippen LogP contribution in [0.3, 0.4) is 0 Å². The van der Waals surface area contributed by atoms with Crippen LogP contribution in [0.5, 0.6) is 0 Å². The minimum Gasteiger partial charge on any atom is -0.308 e. The average Bonchev–Trinajstić information content (AvgIpc) is 2.27. The van der Waals surface area contributed by atoms with Crippen molar-refractivity contribution in [3.05, 3.63) is 23.8 Å². The number of thioether (sulfide) groups is 1. The summed E-state index contributed by atoms with van der Waals surface area (Å²) in [6.07, 6.45) is 0.830. The highest BCUT2D eigenvalue weighted by Gasteiger charge is 2.26. The summed E-state index contributed by atoms with van der Waals surface area (Å²) in [6, 6.07) is 5.59. The second kappa shape index (κ2) is 4.29. The smallest absolute Gasteiger partial charge is 0.237 e. The van der Waals surface area contributed by atoms with Gasteiger partial charge in [-0.15, -0.1) is 11.8 Å². The third-order valence-corrected chi connectivity index (χ3v) is 3.55. The van der Waals surface area contributed by atoms with E-state index in [4.69, 9.17) is 0 Å². The van der Waals surface area contributed by atoms with Gasteiger partial charge in [-0.2, -0.15) is 0 Å². The van der Waals surface area contributed by atoms with Crippen LogP contribution in [-0.2, 0) is 4.79 Å². The highest BCUT2D eigenvalue weighted by atomic mass is 32.2. The third kappa shape index (κ3) is 1.85. The zero-order valence-corrected chi connectivity index (χ0v) is 10.1. The normalized spacial score (nSPS) is 15.2. The molecule has 0 aromatic heterocycles. The van der Waals surface area contributed by atoms with Gasteiger partial charge in [0.05, 0.1) is 11.4 Å². The molecule has 0 bridgehead atoms. The number of rotatable bonds is 2. The van der Waals surface area contributed by atoms with Crippen LogP contribution >= 0.6 is 11.8 Å². The van der Waals surface area contributed by atoms with E-state index in [-0.39, 0.29) is 11.9 Å². The average molecular weight is 235 g/mol. The molecule has 0 aliphatic carbocycles. The van der Waals surface area contributed by atoms with E-state index in [0.717, 1.165) is 16.9 Å². The lowest BCUT2D eigenvalue weighted by Crippen LogP contribution is -2.40. The Balaban J connectivity index is 2.48. The molecule has 1 amide bonds. The molecule has 1 aromatic carbocycles. The van der Waals surface area contributed by atoms with E-state index < -0.39 is 0 Å². The molecule has 4 heteroatoms. The molecule has 1 heterocycles. The van der Waals surface area contributed by atoms with Crippen LogP contribution in [0.15, 0.2) is 23.1 Å². The fourth-order valence-electron chi connectivity index (χ4n) is 1.83. The Morgan fingerprint density at radius 1 is 1.44 bits per heavy atom. The van der Waals surface area contributed by atoms with Crippen molar-refractivity contribution in [3.8, 4) is 0 Å². The Morgan fingerprint density at radius 2 is 2.19 bits per heavy atom. The molecule has 0 saturated carbocycles. The summed E-state index contributed by atoms with van der Waals surface area (Å²) >= 11 is 1.50. The third-order valence-electron chi connectivity index (χ3n) is 2.52. The maximum Gasteiger partial charge on any atom is 0.237 e. The monoisotopic (exact) mass is 235 g/mol. The van der Waals surface area contributed by atoms with E-state index in [2.05, 4.69) is 0 Å². The Hall–Kier alpha value is -1.29. The molecule has 0 saturated heterocycles. The van der Waals surface area contributed by atoms with Gasteiger partial charge in [0, 0.05) is 16.5 Å². The summed E-state index contributed by atoms with van der Waals surface area (Å²) in [4.78, 5) is 25.3. The van der Waals surface area contributed by atoms with Crippen LogP contribution in [0.25, 0.3) is 0 Å². The second-order valence-corrected chi connectivity index (χ2v) is 5.01. The van der Waals surface area contributed by atoms with Gasteiger partial charge in [0.25, 0.3) is 0 Å². The number of hydrogen-bond donors (Lipinski definition) is 0. The molecule has 1 aliphatic heterocycles. The van der Waals surface area contributed by atoms with Gasteiger partial charge in [-0.25, -0.2) is 0 Å². The minimum absolute atomic E-state index is 0.131. The summed E-state index contributed by atoms with van der Waals surface area (Å²) < 4.78 is 0. The standard InChI is InChI=1S/C12H13NO2S/c1-8(2)13-10-4-3-9(6-14)5-11(10)16-7-12(13)15/h3-6,8H,7H2,1-2H3. The predicted molar refractivity (Wildman–Crippen MR) is 65.2 cm³/mol. The molecule has 3 nitrogen and oxygen atoms in total. The number of aldehydes is 1. The molecule has 0 atom stereocenters. The van der Waals surface area contributed by atoms with Crippen LogP contribution in [0.2, 0.25) is 0 Å². The lowest BCUT2D eigenvalue weighted by Gasteiger charge is -2.32. The van der Waals surface area contributed by atoms with Gasteiger partial charge < -0.3 is 4.90 Å². The first-order chi connectivity index (χ1) is 7.63. The molecular weight excluding hydrogens is 222 g/mol. The molecule has 0 spiro atoms. The predicted octanol–water partition coefficient (Wildman–Crippen LogP) is 2.35. The lowest BCUT2D eigenvalue weighted by molar-refractivity contribution is -0.116. The quantitative estimate of drug-likeness (QED) is 0.738. The van der Waals surface area contributed by atoms with Crippen LogP contribution in [0, 0.1) is 0 Å². The molecule has 1 aliphatic rings. The van der Waals surface area contributed by atoms with Crippen molar-refractivity contribution in [1.82, 2.24) is 0 Å². The number of hydrogen-bond acceptors (Lipinski definition) is 3. The van der Waals surface area contributed by atoms with Crippen molar-refractivity contribution in [3.63, 3.8) is 0 Å².